The molecule has 20 nitrogen and oxygen atoms in total. The predicted octanol–water partition coefficient (Wildman–Crippen LogP) is 0.0844. The van der Waals surface area contributed by atoms with Crippen LogP contribution < -0.4 is 16.6 Å². The van der Waals surface area contributed by atoms with Gasteiger partial charge in [0.25, 0.3) is 5.56 Å². The van der Waals surface area contributed by atoms with Crippen LogP contribution in [0.25, 0.3) is 11.2 Å². The molecule has 0 spiro atoms. The highest BCUT2D eigenvalue weighted by atomic mass is 31.2. The molecule has 3 aromatic heterocycles. The number of halogens is 1. The molecule has 2 bridgehead atoms. The number of ether oxygens (including phenoxy) is 1. The topological polar surface area (TPSA) is 281 Å². The summed E-state index contributed by atoms with van der Waals surface area (Å²) in [6.45, 7) is -1.93. The molecule has 6 rings (SSSR count). The number of imidazole rings is 1. The van der Waals surface area contributed by atoms with Crippen molar-refractivity contribution < 1.29 is 51.2 Å². The molecule has 7 N–H and O–H groups in total. The monoisotopic (exact) mass is 647 g/mol. The third-order valence-corrected chi connectivity index (χ3v) is 8.86. The fourth-order valence-corrected chi connectivity index (χ4v) is 6.88. The van der Waals surface area contributed by atoms with Crippen molar-refractivity contribution in [3.05, 3.63) is 40.7 Å². The van der Waals surface area contributed by atoms with Crippen LogP contribution in [0.3, 0.4) is 0 Å². The molecule has 0 saturated heterocycles. The molecule has 8 atom stereocenters. The number of phosphoric acid groups is 2. The quantitative estimate of drug-likeness (QED) is 0.205. The van der Waals surface area contributed by atoms with Gasteiger partial charge < -0.3 is 30.7 Å². The van der Waals surface area contributed by atoms with Crippen LogP contribution >= 0.6 is 15.6 Å². The number of hydrogen-bond donors (Lipinski definition) is 6. The SMILES string of the molecule is Nc1nc2c(ncn2[C@@H]2OCC3=C(O)[C@H]2OP(=O)(O)OC[C@H]2C[C@@H](Nc4ncncn4)[C@H](F)[C@@H]2OP(=O)(O)OC3)c(=O)[nH]1. The maximum absolute atomic E-state index is 15.5. The van der Waals surface area contributed by atoms with Crippen molar-refractivity contribution in [3.8, 4) is 0 Å². The van der Waals surface area contributed by atoms with Crippen molar-refractivity contribution in [1.29, 1.82) is 0 Å². The number of H-pyrrole nitrogens is 1. The summed E-state index contributed by atoms with van der Waals surface area (Å²) in [5, 5.41) is 13.8. The van der Waals surface area contributed by atoms with Crippen molar-refractivity contribution in [2.45, 2.75) is 37.1 Å². The molecule has 232 valence electrons. The van der Waals surface area contributed by atoms with E-state index in [4.69, 9.17) is 28.6 Å². The van der Waals surface area contributed by atoms with Gasteiger partial charge in [-0.3, -0.25) is 32.4 Å². The Balaban J connectivity index is 1.32. The van der Waals surface area contributed by atoms with Gasteiger partial charge in [-0.05, 0) is 6.42 Å². The van der Waals surface area contributed by atoms with E-state index in [1.165, 1.54) is 12.7 Å². The highest BCUT2D eigenvalue weighted by Crippen LogP contribution is 2.53. The number of nitrogens with one attached hydrogen (secondary N) is 2. The van der Waals surface area contributed by atoms with Crippen LogP contribution in [0.1, 0.15) is 12.6 Å². The third kappa shape index (κ3) is 6.03. The molecular formula is C20H24FN9O11P2. The average Bonchev–Trinajstić information content (AvgIpc) is 3.49. The number of nitrogen functional groups attached to an aromatic ring is 1. The molecule has 0 radical (unpaired) electrons. The first-order valence-corrected chi connectivity index (χ1v) is 15.5. The number of aliphatic hydroxyl groups is 1. The Labute approximate surface area is 239 Å². The number of fused-ring (bicyclic) bond motifs is 3. The van der Waals surface area contributed by atoms with Gasteiger partial charge in [0.1, 0.15) is 30.7 Å². The van der Waals surface area contributed by atoms with Gasteiger partial charge in [-0.2, -0.15) is 4.98 Å². The van der Waals surface area contributed by atoms with Gasteiger partial charge in [0, 0.05) is 11.5 Å². The lowest BCUT2D eigenvalue weighted by Gasteiger charge is -2.33. The van der Waals surface area contributed by atoms with Crippen molar-refractivity contribution in [2.75, 3.05) is 30.9 Å². The number of nitrogens with zero attached hydrogens (tertiary/aromatic N) is 6. The summed E-state index contributed by atoms with van der Waals surface area (Å²) >= 11 is 0. The zero-order valence-corrected chi connectivity index (χ0v) is 23.5. The van der Waals surface area contributed by atoms with Crippen LogP contribution in [0.5, 0.6) is 0 Å². The second-order valence-electron chi connectivity index (χ2n) is 9.72. The van der Waals surface area contributed by atoms with Gasteiger partial charge in [0.05, 0.1) is 32.2 Å². The van der Waals surface area contributed by atoms with Gasteiger partial charge in [-0.25, -0.2) is 33.5 Å². The molecule has 3 aromatic rings. The Bertz CT molecular complexity index is 1710. The van der Waals surface area contributed by atoms with E-state index in [1.807, 2.05) is 0 Å². The highest BCUT2D eigenvalue weighted by molar-refractivity contribution is 7.47. The summed E-state index contributed by atoms with van der Waals surface area (Å²) in [5.41, 5.74) is 4.53. The molecule has 0 aromatic carbocycles. The summed E-state index contributed by atoms with van der Waals surface area (Å²) in [7, 11) is -10.1. The lowest BCUT2D eigenvalue weighted by atomic mass is 10.1. The second kappa shape index (κ2) is 11.3. The fourth-order valence-electron chi connectivity index (χ4n) is 4.97. The van der Waals surface area contributed by atoms with E-state index in [0.717, 1.165) is 10.9 Å². The third-order valence-electron chi connectivity index (χ3n) is 6.93. The van der Waals surface area contributed by atoms with Gasteiger partial charge in [0.15, 0.2) is 23.5 Å². The number of aliphatic hydroxyl groups excluding tert-OH is 1. The Morgan fingerprint density at radius 3 is 2.63 bits per heavy atom. The van der Waals surface area contributed by atoms with Crippen molar-refractivity contribution in [1.82, 2.24) is 34.5 Å². The summed E-state index contributed by atoms with van der Waals surface area (Å²) in [4.78, 5) is 55.0. The largest absolute Gasteiger partial charge is 0.509 e. The molecule has 0 amide bonds. The molecule has 3 aliphatic rings. The molecule has 1 fully saturated rings. The lowest BCUT2D eigenvalue weighted by Crippen LogP contribution is -2.36. The van der Waals surface area contributed by atoms with Crippen LogP contribution in [0.2, 0.25) is 0 Å². The average molecular weight is 647 g/mol. The van der Waals surface area contributed by atoms with Gasteiger partial charge in [-0.1, -0.05) is 0 Å². The fraction of sp³-hybridized carbons (Fsp3) is 0.500. The van der Waals surface area contributed by atoms with Crippen LogP contribution in [0.15, 0.2) is 35.1 Å². The van der Waals surface area contributed by atoms with E-state index in [0.29, 0.717) is 0 Å². The summed E-state index contributed by atoms with van der Waals surface area (Å²) in [6.07, 6.45) is -3.53. The molecule has 1 aliphatic carbocycles. The van der Waals surface area contributed by atoms with Crippen LogP contribution in [-0.2, 0) is 32.0 Å². The Hall–Kier alpha value is -3.39. The Morgan fingerprint density at radius 1 is 1.12 bits per heavy atom. The molecule has 1 saturated carbocycles. The van der Waals surface area contributed by atoms with E-state index >= 15 is 4.39 Å². The number of aromatic amines is 1. The number of anilines is 2. The lowest BCUT2D eigenvalue weighted by molar-refractivity contribution is -0.0876. The molecule has 5 heterocycles. The maximum Gasteiger partial charge on any atom is 0.473 e. The number of nitrogens with two attached hydrogens (primary N) is 1. The van der Waals surface area contributed by atoms with Crippen molar-refractivity contribution >= 4 is 38.7 Å². The minimum absolute atomic E-state index is 0.0171. The van der Waals surface area contributed by atoms with Crippen molar-refractivity contribution in [3.63, 3.8) is 0 Å². The highest BCUT2D eigenvalue weighted by Gasteiger charge is 2.50. The second-order valence-corrected chi connectivity index (χ2v) is 12.5. The zero-order chi connectivity index (χ0) is 30.5. The molecule has 43 heavy (non-hydrogen) atoms. The smallest absolute Gasteiger partial charge is 0.473 e. The van der Waals surface area contributed by atoms with E-state index in [2.05, 4.69) is 35.2 Å². The number of phosphoric ester groups is 2. The molecule has 23 heteroatoms. The number of alkyl halides is 1. The van der Waals surface area contributed by atoms with E-state index in [1.54, 1.807) is 0 Å². The van der Waals surface area contributed by atoms with Gasteiger partial charge in [-0.15, -0.1) is 0 Å². The summed E-state index contributed by atoms with van der Waals surface area (Å²) in [5.74, 6) is -2.03. The first-order valence-electron chi connectivity index (χ1n) is 12.5. The molecular weight excluding hydrogens is 623 g/mol. The van der Waals surface area contributed by atoms with Crippen LogP contribution in [0.4, 0.5) is 16.3 Å². The van der Waals surface area contributed by atoms with E-state index < -0.39 is 83.4 Å². The van der Waals surface area contributed by atoms with Gasteiger partial charge in [0.2, 0.25) is 11.9 Å². The van der Waals surface area contributed by atoms with Crippen molar-refractivity contribution in [2.24, 2.45) is 5.92 Å². The first-order chi connectivity index (χ1) is 20.4. The normalized spacial score (nSPS) is 35.5. The molecule has 2 unspecified atom stereocenters. The van der Waals surface area contributed by atoms with Crippen LogP contribution in [0, 0.1) is 5.92 Å². The minimum atomic E-state index is -5.09. The predicted molar refractivity (Wildman–Crippen MR) is 139 cm³/mol. The maximum atomic E-state index is 15.5. The van der Waals surface area contributed by atoms with Crippen LogP contribution in [-0.4, -0.2) is 93.6 Å². The standard InChI is InChI=1S/C20H24FN9O11P2/c21-11-10(27-20-24-5-23-6-25-20)1-8-3-38-43(35,36)41-15-13(31)9(4-39-42(33,34)40-14(8)11)2-37-18(15)30-7-26-12-16(30)28-19(22)29-17(12)32/h5-8,10-11,14-15,18,31H,1-4H2,(H,33,34)(H,35,36)(H3,22,28,29,32)(H,23,24,25,27)/t8-,10-,11+,14-,15-,18-/m1/s1. The van der Waals surface area contributed by atoms with E-state index in [-0.39, 0.29) is 35.1 Å². The number of hydrogen-bond acceptors (Lipinski definition) is 16. The first kappa shape index (κ1) is 29.7. The van der Waals surface area contributed by atoms with Gasteiger partial charge >= 0.3 is 15.6 Å². The molecule has 2 aliphatic heterocycles. The summed E-state index contributed by atoms with van der Waals surface area (Å²) < 4.78 is 69.1. The number of aromatic nitrogens is 7. The van der Waals surface area contributed by atoms with E-state index in [9.17, 15) is 28.8 Å². The number of rotatable bonds is 3. The minimum Gasteiger partial charge on any atom is -0.509 e. The Kier molecular flexibility index (Phi) is 7.78. The zero-order valence-electron chi connectivity index (χ0n) is 21.7. The Morgan fingerprint density at radius 2 is 1.86 bits per heavy atom. The summed E-state index contributed by atoms with van der Waals surface area (Å²) in [6, 6.07) is -1.06.